The van der Waals surface area contributed by atoms with E-state index >= 15 is 52.7 Å². The van der Waals surface area contributed by atoms with E-state index in [9.17, 15) is 224 Å². The van der Waals surface area contributed by atoms with Crippen LogP contribution in [-0.4, -0.2) is 197 Å². The summed E-state index contributed by atoms with van der Waals surface area (Å²) in [6, 6.07) is -2.20. The van der Waals surface area contributed by atoms with Crippen molar-refractivity contribution in [3.8, 4) is 0 Å². The molecule has 0 saturated heterocycles. The maximum absolute atomic E-state index is 15.5. The van der Waals surface area contributed by atoms with Gasteiger partial charge in [-0.05, 0) is 0 Å². The standard InChI is InChI=1S/3C12H4F21.C6H5.Sn/c3*1-2-3(13,14)4(15,16)5(17,18)6(19,20)7(21,22)8(23,24)9(25,26)10(27,28)11(29,30)12(31,32)33;1-2-4-6-5-3-1;/h3*1-2H2;1-5H;. The minimum absolute atomic E-state index is 0.0128. The quantitative estimate of drug-likeness (QED) is 0.0477. The summed E-state index contributed by atoms with van der Waals surface area (Å²) >= 11 is -9.29. The first-order chi connectivity index (χ1) is 45.0. The van der Waals surface area contributed by atoms with Crippen LogP contribution in [0.2, 0.25) is 13.3 Å². The fraction of sp³-hybridized carbons (Fsp3) is 0.857. The van der Waals surface area contributed by atoms with Crippen LogP contribution in [-0.2, 0) is 0 Å². The van der Waals surface area contributed by atoms with Crippen LogP contribution in [0.3, 0.4) is 0 Å². The molecule has 0 aliphatic rings. The van der Waals surface area contributed by atoms with Gasteiger partial charge in [0, 0.05) is 0 Å². The molecule has 0 nitrogen and oxygen atoms in total. The Morgan fingerprint density at radius 3 is 0.387 bits per heavy atom. The van der Waals surface area contributed by atoms with Gasteiger partial charge in [-0.25, -0.2) is 0 Å². The van der Waals surface area contributed by atoms with Gasteiger partial charge in [0.2, 0.25) is 0 Å². The Bertz CT molecular complexity index is 2890. The Morgan fingerprint density at radius 2 is 0.264 bits per heavy atom. The van der Waals surface area contributed by atoms with E-state index in [1.807, 2.05) is 0 Å². The SMILES string of the molecule is FC(F)(F)C(F)(F)C(F)(F)C(F)(F)C(F)(F)C(F)(F)C(F)(F)C(F)(F)C(F)(F)C(F)(F)C[CH2][Sn]([CH2]CC(F)(F)C(F)(F)C(F)(F)C(F)(F)C(F)(F)C(F)(F)C(F)(F)C(F)(F)C(F)(F)C(F)(F)F)([CH2]CC(F)(F)C(F)(F)C(F)(F)C(F)(F)C(F)(F)C(F)(F)C(F)(F)C(F)(F)C(F)(F)C(F)(F)F)[c]1ccccc1. The Balaban J connectivity index is 4.83. The van der Waals surface area contributed by atoms with Gasteiger partial charge in [-0.15, -0.1) is 0 Å². The van der Waals surface area contributed by atoms with Gasteiger partial charge in [0.15, 0.2) is 0 Å². The fourth-order valence-corrected chi connectivity index (χ4v) is 22.0. The van der Waals surface area contributed by atoms with Crippen LogP contribution >= 0.6 is 0 Å². The Hall–Kier alpha value is -4.39. The van der Waals surface area contributed by atoms with Gasteiger partial charge in [-0.1, -0.05) is 0 Å². The average Bonchev–Trinajstić information content (AvgIpc) is 0.694. The van der Waals surface area contributed by atoms with Crippen LogP contribution in [0, 0.1) is 0 Å². The number of hydrogen-bond donors (Lipinski definition) is 0. The second kappa shape index (κ2) is 26.1. The van der Waals surface area contributed by atoms with Crippen molar-refractivity contribution < 1.29 is 277 Å². The van der Waals surface area contributed by atoms with Crippen molar-refractivity contribution in [3.05, 3.63) is 30.3 Å². The van der Waals surface area contributed by atoms with Crippen LogP contribution in [0.4, 0.5) is 277 Å². The van der Waals surface area contributed by atoms with E-state index in [-0.39, 0.29) is 18.2 Å². The predicted octanol–water partition coefficient (Wildman–Crippen LogP) is 23.4. The number of benzene rings is 1. The zero-order valence-corrected chi connectivity index (χ0v) is 49.8. The zero-order chi connectivity index (χ0) is 86.9. The number of halogens is 63. The third kappa shape index (κ3) is 12.9. The number of rotatable bonds is 34. The molecule has 0 fully saturated rings. The summed E-state index contributed by atoms with van der Waals surface area (Å²) in [7, 11) is 0. The molecular formula is C42H17F63Sn. The van der Waals surface area contributed by atoms with E-state index in [0.29, 0.717) is 0 Å². The molecule has 0 amide bonds. The third-order valence-corrected chi connectivity index (χ3v) is 29.6. The summed E-state index contributed by atoms with van der Waals surface area (Å²) in [4.78, 5) is 0. The summed E-state index contributed by atoms with van der Waals surface area (Å²) in [6.45, 7) is 0. The molecule has 1 rings (SSSR count). The molecular weight excluding hydrogens is 1820 g/mol. The van der Waals surface area contributed by atoms with E-state index in [1.54, 1.807) is 0 Å². The molecule has 0 radical (unpaired) electrons. The molecule has 106 heavy (non-hydrogen) atoms. The molecule has 0 bridgehead atoms. The van der Waals surface area contributed by atoms with Crippen molar-refractivity contribution in [3.63, 3.8) is 0 Å². The molecule has 0 N–H and O–H groups in total. The monoisotopic (exact) mass is 1840 g/mol. The number of alkyl halides is 63. The van der Waals surface area contributed by atoms with Gasteiger partial charge in [-0.2, -0.15) is 39.5 Å². The van der Waals surface area contributed by atoms with Gasteiger partial charge < -0.3 is 0 Å². The molecule has 0 aliphatic heterocycles. The van der Waals surface area contributed by atoms with Gasteiger partial charge in [0.1, 0.15) is 0 Å². The van der Waals surface area contributed by atoms with Crippen LogP contribution in [0.15, 0.2) is 30.3 Å². The van der Waals surface area contributed by atoms with E-state index < -0.39 is 245 Å². The van der Waals surface area contributed by atoms with Crippen molar-refractivity contribution in [2.24, 2.45) is 0 Å². The van der Waals surface area contributed by atoms with Crippen LogP contribution in [0.5, 0.6) is 0 Å². The third-order valence-electron chi connectivity index (χ3n) is 14.9. The molecule has 0 aliphatic carbocycles. The van der Waals surface area contributed by atoms with Crippen molar-refractivity contribution in [1.82, 2.24) is 0 Å². The second-order valence-electron chi connectivity index (χ2n) is 21.5. The Morgan fingerprint density at radius 1 is 0.151 bits per heavy atom. The number of hydrogen-bond acceptors (Lipinski definition) is 0. The minimum atomic E-state index is -10.2. The molecule has 1 aromatic rings. The maximum atomic E-state index is 15.5. The normalized spacial score (nSPS) is 17.0. The molecule has 0 saturated carbocycles. The van der Waals surface area contributed by atoms with E-state index in [1.165, 1.54) is 0 Å². The van der Waals surface area contributed by atoms with Crippen molar-refractivity contribution in [2.45, 2.75) is 211 Å². The van der Waals surface area contributed by atoms with Crippen LogP contribution in [0.25, 0.3) is 0 Å². The molecule has 0 atom stereocenters. The fourth-order valence-electron chi connectivity index (χ4n) is 8.03. The van der Waals surface area contributed by atoms with E-state index in [0.717, 1.165) is 0 Å². The molecule has 0 unspecified atom stereocenters. The zero-order valence-electron chi connectivity index (χ0n) is 46.9. The average molecular weight is 1840 g/mol. The summed E-state index contributed by atoms with van der Waals surface area (Å²) in [5.74, 6) is -263. The molecule has 1 aromatic carbocycles. The van der Waals surface area contributed by atoms with Gasteiger partial charge in [0.25, 0.3) is 0 Å². The van der Waals surface area contributed by atoms with Crippen molar-refractivity contribution in [2.75, 3.05) is 0 Å². The van der Waals surface area contributed by atoms with Crippen molar-refractivity contribution >= 4 is 22.0 Å². The van der Waals surface area contributed by atoms with Crippen LogP contribution < -0.4 is 3.58 Å². The second-order valence-corrected chi connectivity index (χ2v) is 34.8. The van der Waals surface area contributed by atoms with Gasteiger partial charge >= 0.3 is 500 Å². The van der Waals surface area contributed by atoms with Crippen LogP contribution in [0.1, 0.15) is 19.3 Å². The van der Waals surface area contributed by atoms with Crippen molar-refractivity contribution in [1.29, 1.82) is 0 Å². The summed E-state index contributed by atoms with van der Waals surface area (Å²) in [5, 5.41) is 0. The topological polar surface area (TPSA) is 0 Å². The first kappa shape index (κ1) is 99.6. The molecule has 630 valence electrons. The summed E-state index contributed by atoms with van der Waals surface area (Å²) < 4.78 is 877. The van der Waals surface area contributed by atoms with E-state index in [4.69, 9.17) is 0 Å². The summed E-state index contributed by atoms with van der Waals surface area (Å²) in [5.41, 5.74) is 0. The van der Waals surface area contributed by atoms with Gasteiger partial charge in [-0.3, -0.25) is 0 Å². The van der Waals surface area contributed by atoms with Gasteiger partial charge in [0.05, 0.1) is 0 Å². The first-order valence-electron chi connectivity index (χ1n) is 24.4. The Kier molecular flexibility index (Phi) is 24.5. The molecule has 64 heteroatoms. The predicted molar refractivity (Wildman–Crippen MR) is 212 cm³/mol. The first-order valence-corrected chi connectivity index (χ1v) is 31.9. The Labute approximate surface area is 540 Å². The van der Waals surface area contributed by atoms with E-state index in [2.05, 4.69) is 0 Å². The summed E-state index contributed by atoms with van der Waals surface area (Å²) in [6.07, 6.45) is -40.5. The molecule has 0 aromatic heterocycles. The molecule has 0 spiro atoms. The molecule has 0 heterocycles.